The maximum Gasteiger partial charge on any atom is 0.394 e. The number of rotatable bonds is 5. The highest BCUT2D eigenvalue weighted by molar-refractivity contribution is 7.92. The van der Waals surface area contributed by atoms with Gasteiger partial charge in [0.2, 0.25) is 0 Å². The summed E-state index contributed by atoms with van der Waals surface area (Å²) in [5, 5.41) is 1.95. The normalized spacial score (nSPS) is 25.5. The third kappa shape index (κ3) is 3.20. The predicted molar refractivity (Wildman–Crippen MR) is 91.8 cm³/mol. The Bertz CT molecular complexity index is 1070. The van der Waals surface area contributed by atoms with Crippen molar-refractivity contribution in [1.29, 1.82) is 0 Å². The van der Waals surface area contributed by atoms with Crippen LogP contribution in [0.4, 0.5) is 23.2 Å². The quantitative estimate of drug-likeness (QED) is 0.561. The van der Waals surface area contributed by atoms with Crippen LogP contribution in [-0.4, -0.2) is 36.0 Å². The molecule has 2 aromatic rings. The Labute approximate surface area is 162 Å². The lowest BCUT2D eigenvalue weighted by Crippen LogP contribution is -2.78. The summed E-state index contributed by atoms with van der Waals surface area (Å²) in [7, 11) is -4.31. The molecular formula is C17H14F4N4O3S. The molecular weight excluding hydrogens is 416 g/mol. The smallest absolute Gasteiger partial charge is 0.346 e. The lowest BCUT2D eigenvalue weighted by Gasteiger charge is -2.70. The second-order valence-electron chi connectivity index (χ2n) is 7.37. The standard InChI is InChI=1S/C17H14F4N4O3S/c18-10-2-3-11(12(6-10)25-29(27,28)14-22-4-1-5-23-14)13(26)24-16-7-15(8-16,9-16)17(19,20)21/h1-6,25H,7-9H2,(H,24,26). The van der Waals surface area contributed by atoms with Crippen molar-refractivity contribution in [3.05, 3.63) is 48.0 Å². The van der Waals surface area contributed by atoms with Gasteiger partial charge in [-0.3, -0.25) is 9.52 Å². The number of hydrogen-bond acceptors (Lipinski definition) is 5. The SMILES string of the molecule is O=C(NC12CC(C(F)(F)F)(C1)C2)c1ccc(F)cc1NS(=O)(=O)c1ncccn1. The fraction of sp³-hybridized carbons (Fsp3) is 0.353. The van der Waals surface area contributed by atoms with Crippen molar-refractivity contribution in [2.24, 2.45) is 5.41 Å². The van der Waals surface area contributed by atoms with Crippen LogP contribution < -0.4 is 10.0 Å². The minimum atomic E-state index is -4.33. The second kappa shape index (κ2) is 6.12. The van der Waals surface area contributed by atoms with Gasteiger partial charge in [-0.2, -0.15) is 21.6 Å². The molecule has 1 aromatic heterocycles. The van der Waals surface area contributed by atoms with Crippen LogP contribution in [0.1, 0.15) is 29.6 Å². The van der Waals surface area contributed by atoms with Gasteiger partial charge >= 0.3 is 6.18 Å². The van der Waals surface area contributed by atoms with Gasteiger partial charge in [-0.25, -0.2) is 14.4 Å². The average molecular weight is 430 g/mol. The number of aromatic nitrogens is 2. The maximum absolute atomic E-state index is 13.7. The van der Waals surface area contributed by atoms with Crippen LogP contribution in [0.5, 0.6) is 0 Å². The van der Waals surface area contributed by atoms with Crippen LogP contribution in [0.3, 0.4) is 0 Å². The number of anilines is 1. The van der Waals surface area contributed by atoms with Crippen LogP contribution in [0, 0.1) is 11.2 Å². The topological polar surface area (TPSA) is 101 Å². The first-order chi connectivity index (χ1) is 13.5. The van der Waals surface area contributed by atoms with Crippen LogP contribution >= 0.6 is 0 Å². The number of amides is 1. The van der Waals surface area contributed by atoms with E-state index >= 15 is 0 Å². The van der Waals surface area contributed by atoms with Crippen molar-refractivity contribution in [3.8, 4) is 0 Å². The Kier molecular flexibility index (Phi) is 4.12. The van der Waals surface area contributed by atoms with Crippen LogP contribution in [0.25, 0.3) is 0 Å². The molecule has 3 aliphatic rings. The zero-order valence-corrected chi connectivity index (χ0v) is 15.4. The summed E-state index contributed by atoms with van der Waals surface area (Å²) in [5.41, 5.74) is -3.32. The number of halogens is 4. The van der Waals surface area contributed by atoms with E-state index in [1.165, 1.54) is 18.5 Å². The number of alkyl halides is 3. The minimum Gasteiger partial charge on any atom is -0.346 e. The summed E-state index contributed by atoms with van der Waals surface area (Å²) in [4.78, 5) is 19.8. The van der Waals surface area contributed by atoms with E-state index in [-0.39, 0.29) is 30.5 Å². The monoisotopic (exact) mass is 430 g/mol. The molecule has 0 spiro atoms. The molecule has 0 aliphatic heterocycles. The molecule has 1 aromatic carbocycles. The molecule has 12 heteroatoms. The molecule has 0 radical (unpaired) electrons. The first-order valence-electron chi connectivity index (χ1n) is 8.44. The van der Waals surface area contributed by atoms with E-state index in [2.05, 4.69) is 20.0 Å². The summed E-state index contributed by atoms with van der Waals surface area (Å²) in [6.07, 6.45) is -2.62. The Morgan fingerprint density at radius 3 is 2.31 bits per heavy atom. The molecule has 0 atom stereocenters. The van der Waals surface area contributed by atoms with Gasteiger partial charge < -0.3 is 5.32 Å². The van der Waals surface area contributed by atoms with Crippen LogP contribution in [0.15, 0.2) is 41.8 Å². The molecule has 1 heterocycles. The van der Waals surface area contributed by atoms with Gasteiger partial charge in [0, 0.05) is 17.9 Å². The summed E-state index contributed by atoms with van der Waals surface area (Å²) < 4.78 is 79.4. The van der Waals surface area contributed by atoms with Gasteiger partial charge in [0.1, 0.15) is 5.82 Å². The van der Waals surface area contributed by atoms with Crippen molar-refractivity contribution in [2.75, 3.05) is 4.72 Å². The average Bonchev–Trinajstić information content (AvgIpc) is 2.56. The molecule has 0 saturated heterocycles. The number of nitrogens with zero attached hydrogens (tertiary/aromatic N) is 2. The second-order valence-corrected chi connectivity index (χ2v) is 8.95. The zero-order chi connectivity index (χ0) is 21.1. The van der Waals surface area contributed by atoms with Crippen molar-refractivity contribution in [2.45, 2.75) is 36.1 Å². The summed E-state index contributed by atoms with van der Waals surface area (Å²) >= 11 is 0. The lowest BCUT2D eigenvalue weighted by molar-refractivity contribution is -0.336. The highest BCUT2D eigenvalue weighted by atomic mass is 32.2. The van der Waals surface area contributed by atoms with E-state index in [0.29, 0.717) is 0 Å². The third-order valence-corrected chi connectivity index (χ3v) is 6.44. The number of sulfonamides is 1. The molecule has 7 nitrogen and oxygen atoms in total. The fourth-order valence-corrected chi connectivity index (χ4v) is 4.89. The number of hydrogen-bond donors (Lipinski definition) is 2. The third-order valence-electron chi connectivity index (χ3n) is 5.26. The van der Waals surface area contributed by atoms with E-state index in [1.807, 2.05) is 0 Å². The number of nitrogens with one attached hydrogen (secondary N) is 2. The molecule has 1 amide bonds. The zero-order valence-electron chi connectivity index (χ0n) is 14.6. The summed E-state index contributed by atoms with van der Waals surface area (Å²) in [6.45, 7) is 0. The van der Waals surface area contributed by atoms with E-state index in [4.69, 9.17) is 0 Å². The van der Waals surface area contributed by atoms with Gasteiger partial charge in [0.25, 0.3) is 21.1 Å². The predicted octanol–water partition coefficient (Wildman–Crippen LogP) is 2.63. The maximum atomic E-state index is 13.7. The number of carbonyl (C=O) groups is 1. The van der Waals surface area contributed by atoms with Gasteiger partial charge in [0.15, 0.2) is 0 Å². The van der Waals surface area contributed by atoms with Gasteiger partial charge in [-0.1, -0.05) is 0 Å². The van der Waals surface area contributed by atoms with Crippen molar-refractivity contribution < 1.29 is 30.8 Å². The molecule has 154 valence electrons. The fourth-order valence-electron chi connectivity index (χ4n) is 3.94. The van der Waals surface area contributed by atoms with Gasteiger partial charge in [-0.15, -0.1) is 0 Å². The molecule has 5 rings (SSSR count). The minimum absolute atomic E-state index is 0.225. The Hall–Kier alpha value is -2.76. The Morgan fingerprint density at radius 2 is 1.72 bits per heavy atom. The molecule has 2 N–H and O–H groups in total. The number of carbonyl (C=O) groups excluding carboxylic acids is 1. The van der Waals surface area contributed by atoms with E-state index in [9.17, 15) is 30.8 Å². The summed E-state index contributed by atoms with van der Waals surface area (Å²) in [5.74, 6) is -1.61. The van der Waals surface area contributed by atoms with E-state index in [0.717, 1.165) is 18.2 Å². The lowest BCUT2D eigenvalue weighted by atomic mass is 9.39. The number of benzene rings is 1. The largest absolute Gasteiger partial charge is 0.394 e. The summed E-state index contributed by atoms with van der Waals surface area (Å²) in [6, 6.07) is 4.20. The molecule has 3 fully saturated rings. The van der Waals surface area contributed by atoms with Crippen LogP contribution in [0.2, 0.25) is 0 Å². The molecule has 2 bridgehead atoms. The van der Waals surface area contributed by atoms with Crippen LogP contribution in [-0.2, 0) is 10.0 Å². The molecule has 29 heavy (non-hydrogen) atoms. The molecule has 0 unspecified atom stereocenters. The highest BCUT2D eigenvalue weighted by Crippen LogP contribution is 2.73. The molecule has 3 saturated carbocycles. The Balaban J connectivity index is 1.55. The first kappa shape index (κ1) is 19.6. The van der Waals surface area contributed by atoms with E-state index < -0.39 is 44.0 Å². The van der Waals surface area contributed by atoms with Crippen molar-refractivity contribution >= 4 is 21.6 Å². The van der Waals surface area contributed by atoms with Gasteiger partial charge in [0.05, 0.1) is 16.7 Å². The van der Waals surface area contributed by atoms with E-state index in [1.54, 1.807) is 0 Å². The van der Waals surface area contributed by atoms with Gasteiger partial charge in [-0.05, 0) is 43.5 Å². The van der Waals surface area contributed by atoms with Crippen molar-refractivity contribution in [3.63, 3.8) is 0 Å². The first-order valence-corrected chi connectivity index (χ1v) is 9.92. The highest BCUT2D eigenvalue weighted by Gasteiger charge is 2.79. The van der Waals surface area contributed by atoms with Crippen molar-refractivity contribution in [1.82, 2.24) is 15.3 Å². The molecule has 3 aliphatic carbocycles. The Morgan fingerprint density at radius 1 is 1.10 bits per heavy atom.